The van der Waals surface area contributed by atoms with Gasteiger partial charge in [-0.1, -0.05) is 0 Å². The molecule has 3 N–H and O–H groups in total. The molecule has 1 fully saturated rings. The zero-order valence-corrected chi connectivity index (χ0v) is 8.89. The van der Waals surface area contributed by atoms with E-state index in [4.69, 9.17) is 10.2 Å². The molecule has 3 nitrogen and oxygen atoms in total. The van der Waals surface area contributed by atoms with E-state index in [0.717, 1.165) is 11.7 Å². The SMILES string of the molecule is CNC(CSCC(O)CO)C1CC1. The van der Waals surface area contributed by atoms with Crippen molar-refractivity contribution in [3.05, 3.63) is 0 Å². The Morgan fingerprint density at radius 2 is 2.15 bits per heavy atom. The molecule has 0 spiro atoms. The minimum Gasteiger partial charge on any atom is -0.394 e. The molecule has 0 saturated heterocycles. The molecule has 0 aromatic rings. The van der Waals surface area contributed by atoms with Crippen molar-refractivity contribution in [3.8, 4) is 0 Å². The molecule has 2 unspecified atom stereocenters. The molecule has 0 heterocycles. The van der Waals surface area contributed by atoms with E-state index in [0.29, 0.717) is 11.8 Å². The van der Waals surface area contributed by atoms with Gasteiger partial charge >= 0.3 is 0 Å². The highest BCUT2D eigenvalue weighted by atomic mass is 32.2. The van der Waals surface area contributed by atoms with E-state index in [1.54, 1.807) is 11.8 Å². The second-order valence-electron chi connectivity index (χ2n) is 3.61. The molecule has 4 heteroatoms. The minimum absolute atomic E-state index is 0.124. The van der Waals surface area contributed by atoms with Crippen molar-refractivity contribution >= 4 is 11.8 Å². The second kappa shape index (κ2) is 5.86. The van der Waals surface area contributed by atoms with Gasteiger partial charge in [-0.3, -0.25) is 0 Å². The van der Waals surface area contributed by atoms with Crippen LogP contribution >= 0.6 is 11.8 Å². The Hall–Kier alpha value is 0.230. The van der Waals surface area contributed by atoms with Gasteiger partial charge < -0.3 is 15.5 Å². The van der Waals surface area contributed by atoms with Crippen LogP contribution in [0.2, 0.25) is 0 Å². The molecule has 78 valence electrons. The molecule has 13 heavy (non-hydrogen) atoms. The number of aliphatic hydroxyl groups is 2. The normalized spacial score (nSPS) is 21.5. The van der Waals surface area contributed by atoms with Crippen molar-refractivity contribution in [2.24, 2.45) is 5.92 Å². The van der Waals surface area contributed by atoms with E-state index in [2.05, 4.69) is 5.32 Å². The molecule has 0 radical (unpaired) electrons. The monoisotopic (exact) mass is 205 g/mol. The molecular weight excluding hydrogens is 186 g/mol. The summed E-state index contributed by atoms with van der Waals surface area (Å²) in [5, 5.41) is 21.0. The highest BCUT2D eigenvalue weighted by Crippen LogP contribution is 2.33. The summed E-state index contributed by atoms with van der Waals surface area (Å²) in [5.41, 5.74) is 0. The fraction of sp³-hybridized carbons (Fsp3) is 1.00. The largest absolute Gasteiger partial charge is 0.394 e. The molecule has 0 aromatic heterocycles. The maximum absolute atomic E-state index is 9.11. The Kier molecular flexibility index (Phi) is 5.09. The average molecular weight is 205 g/mol. The van der Waals surface area contributed by atoms with Gasteiger partial charge in [0.25, 0.3) is 0 Å². The van der Waals surface area contributed by atoms with Crippen LogP contribution < -0.4 is 5.32 Å². The molecule has 1 saturated carbocycles. The summed E-state index contributed by atoms with van der Waals surface area (Å²) >= 11 is 1.71. The van der Waals surface area contributed by atoms with Crippen LogP contribution in [0.5, 0.6) is 0 Å². The fourth-order valence-corrected chi connectivity index (χ4v) is 2.54. The predicted molar refractivity (Wildman–Crippen MR) is 56.0 cm³/mol. The summed E-state index contributed by atoms with van der Waals surface area (Å²) in [6.07, 6.45) is 2.13. The zero-order valence-electron chi connectivity index (χ0n) is 8.07. The number of rotatable bonds is 7. The summed E-state index contributed by atoms with van der Waals surface area (Å²) in [5.74, 6) is 2.53. The smallest absolute Gasteiger partial charge is 0.0861 e. The van der Waals surface area contributed by atoms with Crippen LogP contribution in [0.4, 0.5) is 0 Å². The van der Waals surface area contributed by atoms with Gasteiger partial charge in [-0.05, 0) is 25.8 Å². The Morgan fingerprint density at radius 1 is 1.46 bits per heavy atom. The maximum Gasteiger partial charge on any atom is 0.0861 e. The Labute approximate surface area is 83.9 Å². The van der Waals surface area contributed by atoms with E-state index in [9.17, 15) is 0 Å². The third-order valence-corrected chi connectivity index (χ3v) is 3.60. The van der Waals surface area contributed by atoms with E-state index in [1.807, 2.05) is 7.05 Å². The lowest BCUT2D eigenvalue weighted by Crippen LogP contribution is -2.30. The van der Waals surface area contributed by atoms with Crippen LogP contribution in [0.15, 0.2) is 0 Å². The number of thioether (sulfide) groups is 1. The third kappa shape index (κ3) is 4.31. The van der Waals surface area contributed by atoms with Gasteiger partial charge in [0.2, 0.25) is 0 Å². The van der Waals surface area contributed by atoms with Crippen molar-refractivity contribution in [3.63, 3.8) is 0 Å². The number of aliphatic hydroxyl groups excluding tert-OH is 2. The van der Waals surface area contributed by atoms with Crippen LogP contribution in [0.1, 0.15) is 12.8 Å². The van der Waals surface area contributed by atoms with Gasteiger partial charge in [0.15, 0.2) is 0 Å². The summed E-state index contributed by atoms with van der Waals surface area (Å²) in [6.45, 7) is -0.124. The second-order valence-corrected chi connectivity index (χ2v) is 4.68. The zero-order chi connectivity index (χ0) is 9.68. The van der Waals surface area contributed by atoms with Crippen molar-refractivity contribution in [2.45, 2.75) is 25.0 Å². The lowest BCUT2D eigenvalue weighted by molar-refractivity contribution is 0.113. The third-order valence-electron chi connectivity index (χ3n) is 2.38. The standard InChI is InChI=1S/C9H19NO2S/c1-10-9(7-2-3-7)6-13-5-8(12)4-11/h7-12H,2-6H2,1H3. The van der Waals surface area contributed by atoms with Crippen molar-refractivity contribution in [1.82, 2.24) is 5.32 Å². The summed E-state index contributed by atoms with van der Waals surface area (Å²) in [7, 11) is 1.99. The molecule has 0 bridgehead atoms. The first-order chi connectivity index (χ1) is 6.27. The molecule has 0 aliphatic heterocycles. The van der Waals surface area contributed by atoms with E-state index >= 15 is 0 Å². The van der Waals surface area contributed by atoms with E-state index in [1.165, 1.54) is 12.8 Å². The Morgan fingerprint density at radius 3 is 2.62 bits per heavy atom. The minimum atomic E-state index is -0.554. The van der Waals surface area contributed by atoms with Gasteiger partial charge in [0, 0.05) is 17.5 Å². The molecule has 0 aromatic carbocycles. The summed E-state index contributed by atoms with van der Waals surface area (Å²) in [6, 6.07) is 0.593. The number of nitrogens with one attached hydrogen (secondary N) is 1. The van der Waals surface area contributed by atoms with Crippen LogP contribution in [-0.4, -0.2) is 47.5 Å². The molecular formula is C9H19NO2S. The maximum atomic E-state index is 9.11. The van der Waals surface area contributed by atoms with Crippen LogP contribution in [0.25, 0.3) is 0 Å². The quantitative estimate of drug-likeness (QED) is 0.550. The van der Waals surface area contributed by atoms with E-state index < -0.39 is 6.10 Å². The molecule has 1 aliphatic carbocycles. The summed E-state index contributed by atoms with van der Waals surface area (Å²) < 4.78 is 0. The van der Waals surface area contributed by atoms with Crippen molar-refractivity contribution in [2.75, 3.05) is 25.2 Å². The molecule has 1 rings (SSSR count). The van der Waals surface area contributed by atoms with Crippen LogP contribution in [0, 0.1) is 5.92 Å². The number of hydrogen-bond donors (Lipinski definition) is 3. The first kappa shape index (κ1) is 11.3. The van der Waals surface area contributed by atoms with Gasteiger partial charge in [-0.25, -0.2) is 0 Å². The van der Waals surface area contributed by atoms with E-state index in [-0.39, 0.29) is 6.61 Å². The molecule has 1 aliphatic rings. The fourth-order valence-electron chi connectivity index (χ4n) is 1.34. The Bertz CT molecular complexity index is 142. The van der Waals surface area contributed by atoms with Crippen LogP contribution in [-0.2, 0) is 0 Å². The lowest BCUT2D eigenvalue weighted by atomic mass is 10.2. The number of hydrogen-bond acceptors (Lipinski definition) is 4. The topological polar surface area (TPSA) is 52.5 Å². The van der Waals surface area contributed by atoms with Gasteiger partial charge in [-0.2, -0.15) is 11.8 Å². The Balaban J connectivity index is 2.02. The van der Waals surface area contributed by atoms with Gasteiger partial charge in [0.1, 0.15) is 0 Å². The highest BCUT2D eigenvalue weighted by Gasteiger charge is 2.29. The van der Waals surface area contributed by atoms with Crippen molar-refractivity contribution < 1.29 is 10.2 Å². The first-order valence-corrected chi connectivity index (χ1v) is 5.97. The highest BCUT2D eigenvalue weighted by molar-refractivity contribution is 7.99. The van der Waals surface area contributed by atoms with Gasteiger partial charge in [0.05, 0.1) is 12.7 Å². The summed E-state index contributed by atoms with van der Waals surface area (Å²) in [4.78, 5) is 0. The average Bonchev–Trinajstić information content (AvgIpc) is 2.95. The van der Waals surface area contributed by atoms with Crippen LogP contribution in [0.3, 0.4) is 0 Å². The van der Waals surface area contributed by atoms with Gasteiger partial charge in [-0.15, -0.1) is 0 Å². The first-order valence-electron chi connectivity index (χ1n) is 4.82. The lowest BCUT2D eigenvalue weighted by Gasteiger charge is -2.15. The molecule has 2 atom stereocenters. The molecule has 0 amide bonds. The predicted octanol–water partition coefficient (Wildman–Crippen LogP) is 0.0708. The van der Waals surface area contributed by atoms with Crippen molar-refractivity contribution in [1.29, 1.82) is 0 Å².